The molecular weight excluding hydrogens is 206 g/mol. The van der Waals surface area contributed by atoms with Crippen LogP contribution >= 0.6 is 11.8 Å². The number of hydrogen-bond donors (Lipinski definition) is 0. The number of aryl methyl sites for hydroxylation is 1. The third-order valence-electron chi connectivity index (χ3n) is 2.41. The van der Waals surface area contributed by atoms with Gasteiger partial charge in [-0.05, 0) is 19.6 Å². The summed E-state index contributed by atoms with van der Waals surface area (Å²) in [4.78, 5) is 8.03. The SMILES string of the molecule is CSc1nc(C)c2c(n1)C(F)(F)CC2. The van der Waals surface area contributed by atoms with E-state index < -0.39 is 5.92 Å². The highest BCUT2D eigenvalue weighted by Gasteiger charge is 2.42. The minimum absolute atomic E-state index is 0.0608. The summed E-state index contributed by atoms with van der Waals surface area (Å²) < 4.78 is 26.7. The van der Waals surface area contributed by atoms with Gasteiger partial charge < -0.3 is 0 Å². The van der Waals surface area contributed by atoms with Crippen molar-refractivity contribution < 1.29 is 8.78 Å². The molecule has 0 unspecified atom stereocenters. The lowest BCUT2D eigenvalue weighted by Crippen LogP contribution is -2.11. The van der Waals surface area contributed by atoms with E-state index in [1.54, 1.807) is 13.2 Å². The van der Waals surface area contributed by atoms with E-state index in [0.29, 0.717) is 22.8 Å². The van der Waals surface area contributed by atoms with Crippen molar-refractivity contribution in [2.75, 3.05) is 6.26 Å². The van der Waals surface area contributed by atoms with Gasteiger partial charge in [-0.3, -0.25) is 0 Å². The van der Waals surface area contributed by atoms with Crippen molar-refractivity contribution >= 4 is 11.8 Å². The number of alkyl halides is 2. The van der Waals surface area contributed by atoms with Crippen LogP contribution in [0.15, 0.2) is 5.16 Å². The maximum Gasteiger partial charge on any atom is 0.290 e. The van der Waals surface area contributed by atoms with Gasteiger partial charge in [-0.2, -0.15) is 8.78 Å². The predicted molar refractivity (Wildman–Crippen MR) is 50.8 cm³/mol. The fourth-order valence-electron chi connectivity index (χ4n) is 1.66. The van der Waals surface area contributed by atoms with E-state index in [4.69, 9.17) is 0 Å². The molecule has 0 amide bonds. The van der Waals surface area contributed by atoms with E-state index in [1.807, 2.05) is 0 Å². The molecule has 14 heavy (non-hydrogen) atoms. The molecule has 0 saturated heterocycles. The lowest BCUT2D eigenvalue weighted by Gasteiger charge is -2.10. The molecule has 0 spiro atoms. The largest absolute Gasteiger partial charge is 0.290 e. The fraction of sp³-hybridized carbons (Fsp3) is 0.556. The van der Waals surface area contributed by atoms with Gasteiger partial charge >= 0.3 is 0 Å². The Morgan fingerprint density at radius 3 is 2.71 bits per heavy atom. The summed E-state index contributed by atoms with van der Waals surface area (Å²) in [5, 5.41) is 0.433. The Balaban J connectivity index is 2.59. The molecule has 1 heterocycles. The maximum absolute atomic E-state index is 13.3. The van der Waals surface area contributed by atoms with Gasteiger partial charge in [0.2, 0.25) is 0 Å². The van der Waals surface area contributed by atoms with Crippen LogP contribution in [0.5, 0.6) is 0 Å². The van der Waals surface area contributed by atoms with Crippen LogP contribution in [0.25, 0.3) is 0 Å². The summed E-state index contributed by atoms with van der Waals surface area (Å²) in [6.07, 6.45) is 2.05. The van der Waals surface area contributed by atoms with Crippen molar-refractivity contribution in [3.05, 3.63) is 17.0 Å². The molecule has 2 nitrogen and oxygen atoms in total. The van der Waals surface area contributed by atoms with E-state index in [9.17, 15) is 8.78 Å². The Morgan fingerprint density at radius 2 is 2.07 bits per heavy atom. The van der Waals surface area contributed by atoms with Crippen LogP contribution in [-0.2, 0) is 12.3 Å². The second kappa shape index (κ2) is 3.15. The van der Waals surface area contributed by atoms with Gasteiger partial charge in [0.05, 0.1) is 0 Å². The molecule has 0 radical (unpaired) electrons. The third kappa shape index (κ3) is 1.39. The average Bonchev–Trinajstić information content (AvgIpc) is 2.43. The first-order chi connectivity index (χ1) is 6.54. The van der Waals surface area contributed by atoms with Crippen LogP contribution < -0.4 is 0 Å². The Morgan fingerprint density at radius 1 is 1.36 bits per heavy atom. The zero-order valence-corrected chi connectivity index (χ0v) is 8.79. The molecule has 5 heteroatoms. The molecule has 0 bridgehead atoms. The minimum Gasteiger partial charge on any atom is -0.228 e. The first-order valence-electron chi connectivity index (χ1n) is 4.34. The van der Waals surface area contributed by atoms with Gasteiger partial charge in [0.15, 0.2) is 5.16 Å². The predicted octanol–water partition coefficient (Wildman–Crippen LogP) is 2.54. The van der Waals surface area contributed by atoms with Crippen molar-refractivity contribution in [3.8, 4) is 0 Å². The zero-order valence-electron chi connectivity index (χ0n) is 7.97. The monoisotopic (exact) mass is 216 g/mol. The molecule has 0 atom stereocenters. The topological polar surface area (TPSA) is 25.8 Å². The Kier molecular flexibility index (Phi) is 2.21. The van der Waals surface area contributed by atoms with Crippen LogP contribution in [0.4, 0.5) is 8.78 Å². The van der Waals surface area contributed by atoms with E-state index in [0.717, 1.165) is 0 Å². The summed E-state index contributed by atoms with van der Waals surface area (Å²) in [6, 6.07) is 0. The number of nitrogens with zero attached hydrogens (tertiary/aromatic N) is 2. The molecule has 0 aromatic carbocycles. The van der Waals surface area contributed by atoms with E-state index >= 15 is 0 Å². The van der Waals surface area contributed by atoms with E-state index in [1.165, 1.54) is 11.8 Å². The van der Waals surface area contributed by atoms with Crippen molar-refractivity contribution in [2.24, 2.45) is 0 Å². The number of hydrogen-bond acceptors (Lipinski definition) is 3. The normalized spacial score (nSPS) is 18.3. The van der Waals surface area contributed by atoms with Crippen LogP contribution in [0.2, 0.25) is 0 Å². The lowest BCUT2D eigenvalue weighted by atomic mass is 10.2. The highest BCUT2D eigenvalue weighted by molar-refractivity contribution is 7.98. The van der Waals surface area contributed by atoms with Crippen molar-refractivity contribution in [1.82, 2.24) is 9.97 Å². The molecular formula is C9H10F2N2S. The molecule has 1 aromatic heterocycles. The van der Waals surface area contributed by atoms with Crippen molar-refractivity contribution in [1.29, 1.82) is 0 Å². The molecule has 0 fully saturated rings. The number of rotatable bonds is 1. The molecule has 0 N–H and O–H groups in total. The summed E-state index contributed by atoms with van der Waals surface area (Å²) in [7, 11) is 0. The molecule has 1 aromatic rings. The van der Waals surface area contributed by atoms with Gasteiger partial charge in [-0.25, -0.2) is 9.97 Å². The number of aromatic nitrogens is 2. The van der Waals surface area contributed by atoms with Gasteiger partial charge in [-0.1, -0.05) is 11.8 Å². The average molecular weight is 216 g/mol. The summed E-state index contributed by atoms with van der Waals surface area (Å²) >= 11 is 1.29. The second-order valence-corrected chi connectivity index (χ2v) is 4.10. The molecule has 1 aliphatic carbocycles. The maximum atomic E-state index is 13.3. The standard InChI is InChI=1S/C9H10F2N2S/c1-5-6-3-4-9(10,11)7(6)13-8(12-5)14-2/h3-4H2,1-2H3. The van der Waals surface area contributed by atoms with Crippen molar-refractivity contribution in [2.45, 2.75) is 30.8 Å². The Bertz CT molecular complexity index is 379. The minimum atomic E-state index is -2.76. The van der Waals surface area contributed by atoms with Crippen molar-refractivity contribution in [3.63, 3.8) is 0 Å². The van der Waals surface area contributed by atoms with Crippen LogP contribution in [0.3, 0.4) is 0 Å². The third-order valence-corrected chi connectivity index (χ3v) is 2.96. The van der Waals surface area contributed by atoms with Crippen LogP contribution in [0, 0.1) is 6.92 Å². The Labute approximate surface area is 85.1 Å². The zero-order chi connectivity index (χ0) is 10.3. The van der Waals surface area contributed by atoms with Gasteiger partial charge in [0, 0.05) is 17.7 Å². The van der Waals surface area contributed by atoms with Crippen LogP contribution in [-0.4, -0.2) is 16.2 Å². The molecule has 1 aliphatic rings. The van der Waals surface area contributed by atoms with Gasteiger partial charge in [-0.15, -0.1) is 0 Å². The van der Waals surface area contributed by atoms with E-state index in [-0.39, 0.29) is 12.1 Å². The highest BCUT2D eigenvalue weighted by atomic mass is 32.2. The van der Waals surface area contributed by atoms with E-state index in [2.05, 4.69) is 9.97 Å². The molecule has 0 saturated carbocycles. The fourth-order valence-corrected chi connectivity index (χ4v) is 2.07. The summed E-state index contributed by atoms with van der Waals surface area (Å²) in [5.41, 5.74) is 1.26. The summed E-state index contributed by atoms with van der Waals surface area (Å²) in [6.45, 7) is 1.77. The molecule has 0 aliphatic heterocycles. The second-order valence-electron chi connectivity index (χ2n) is 3.33. The quantitative estimate of drug-likeness (QED) is 0.533. The molecule has 2 rings (SSSR count). The van der Waals surface area contributed by atoms with Gasteiger partial charge in [0.1, 0.15) is 5.69 Å². The number of fused-ring (bicyclic) bond motifs is 1. The van der Waals surface area contributed by atoms with Crippen LogP contribution in [0.1, 0.15) is 23.4 Å². The number of thioether (sulfide) groups is 1. The number of halogens is 2. The lowest BCUT2D eigenvalue weighted by molar-refractivity contribution is -0.00653. The Hall–Kier alpha value is -0.710. The first-order valence-corrected chi connectivity index (χ1v) is 5.57. The smallest absolute Gasteiger partial charge is 0.228 e. The summed E-state index contributed by atoms with van der Waals surface area (Å²) in [5.74, 6) is -2.76. The van der Waals surface area contributed by atoms with Gasteiger partial charge in [0.25, 0.3) is 5.92 Å². The molecule has 76 valence electrons. The first kappa shape index (κ1) is 9.83. The highest BCUT2D eigenvalue weighted by Crippen LogP contribution is 2.41.